The van der Waals surface area contributed by atoms with E-state index < -0.39 is 17.9 Å². The van der Waals surface area contributed by atoms with Gasteiger partial charge in [-0.1, -0.05) is 35.3 Å². The number of aliphatic carboxylic acids is 1. The van der Waals surface area contributed by atoms with Crippen LogP contribution in [0.2, 0.25) is 10.0 Å². The van der Waals surface area contributed by atoms with Crippen molar-refractivity contribution in [1.82, 2.24) is 15.2 Å². The van der Waals surface area contributed by atoms with E-state index in [-0.39, 0.29) is 15.6 Å². The van der Waals surface area contributed by atoms with Crippen molar-refractivity contribution >= 4 is 40.9 Å². The zero-order valence-electron chi connectivity index (χ0n) is 19.0. The number of likely N-dealkylation sites (tertiary alicyclic amines) is 1. The maximum Gasteiger partial charge on any atom is 0.326 e. The van der Waals surface area contributed by atoms with Crippen molar-refractivity contribution in [3.05, 3.63) is 57.2 Å². The largest absolute Gasteiger partial charge is 0.480 e. The van der Waals surface area contributed by atoms with Crippen LogP contribution in [-0.4, -0.2) is 59.1 Å². The average molecular weight is 505 g/mol. The minimum absolute atomic E-state index is 0.101. The molecule has 2 aliphatic heterocycles. The molecule has 34 heavy (non-hydrogen) atoms. The minimum Gasteiger partial charge on any atom is -0.480 e. The molecular weight excluding hydrogens is 475 g/mol. The third-order valence-corrected chi connectivity index (χ3v) is 7.29. The van der Waals surface area contributed by atoms with Gasteiger partial charge in [0.15, 0.2) is 0 Å². The summed E-state index contributed by atoms with van der Waals surface area (Å²) in [4.78, 5) is 31.4. The Morgan fingerprint density at radius 3 is 2.79 bits per heavy atom. The van der Waals surface area contributed by atoms with Gasteiger partial charge < -0.3 is 20.6 Å². The first kappa shape index (κ1) is 24.8. The molecule has 1 fully saturated rings. The molecule has 0 bridgehead atoms. The molecule has 2 aromatic rings. The lowest BCUT2D eigenvalue weighted by Crippen LogP contribution is -2.43. The van der Waals surface area contributed by atoms with E-state index in [4.69, 9.17) is 28.2 Å². The van der Waals surface area contributed by atoms with Crippen molar-refractivity contribution in [1.29, 1.82) is 0 Å². The van der Waals surface area contributed by atoms with Gasteiger partial charge in [0.25, 0.3) is 5.91 Å². The molecule has 1 amide bonds. The first-order valence-electron chi connectivity index (χ1n) is 11.8. The number of pyridine rings is 1. The molecule has 2 atom stereocenters. The molecular formula is C25H30Cl2N4O3. The number of nitrogens with zero attached hydrogens (tertiary/aromatic N) is 2. The number of benzene rings is 1. The summed E-state index contributed by atoms with van der Waals surface area (Å²) in [6.07, 6.45) is 5.66. The molecule has 3 N–H and O–H groups in total. The Morgan fingerprint density at radius 2 is 2.03 bits per heavy atom. The fourth-order valence-corrected chi connectivity index (χ4v) is 5.29. The zero-order chi connectivity index (χ0) is 24.1. The van der Waals surface area contributed by atoms with Gasteiger partial charge >= 0.3 is 5.97 Å². The Bertz CT molecular complexity index is 1030. The Morgan fingerprint density at radius 1 is 1.24 bits per heavy atom. The number of hydrogen-bond acceptors (Lipinski definition) is 5. The number of fused-ring (bicyclic) bond motifs is 1. The Kier molecular flexibility index (Phi) is 8.29. The molecule has 1 aromatic heterocycles. The number of rotatable bonds is 9. The van der Waals surface area contributed by atoms with Crippen LogP contribution in [0, 0.1) is 5.92 Å². The van der Waals surface area contributed by atoms with Crippen molar-refractivity contribution < 1.29 is 14.7 Å². The van der Waals surface area contributed by atoms with Gasteiger partial charge in [0.1, 0.15) is 11.9 Å². The van der Waals surface area contributed by atoms with Crippen LogP contribution < -0.4 is 10.6 Å². The van der Waals surface area contributed by atoms with Crippen molar-refractivity contribution in [2.45, 2.75) is 44.6 Å². The van der Waals surface area contributed by atoms with Crippen LogP contribution in [-0.2, 0) is 17.6 Å². The quantitative estimate of drug-likeness (QED) is 0.471. The van der Waals surface area contributed by atoms with Crippen LogP contribution in [0.1, 0.15) is 47.3 Å². The highest BCUT2D eigenvalue weighted by molar-refractivity contribution is 6.39. The van der Waals surface area contributed by atoms with E-state index >= 15 is 0 Å². The molecule has 9 heteroatoms. The summed E-state index contributed by atoms with van der Waals surface area (Å²) in [7, 11) is 0. The zero-order valence-corrected chi connectivity index (χ0v) is 20.5. The molecule has 1 aromatic carbocycles. The number of aromatic nitrogens is 1. The van der Waals surface area contributed by atoms with Gasteiger partial charge in [0.05, 0.1) is 15.6 Å². The van der Waals surface area contributed by atoms with Gasteiger partial charge in [-0.25, -0.2) is 9.78 Å². The maximum atomic E-state index is 12.6. The van der Waals surface area contributed by atoms with Crippen molar-refractivity contribution in [2.24, 2.45) is 5.92 Å². The molecule has 1 saturated heterocycles. The number of carbonyl (C=O) groups excluding carboxylic acids is 1. The van der Waals surface area contributed by atoms with Crippen LogP contribution in [0.15, 0.2) is 30.3 Å². The minimum atomic E-state index is -1.07. The molecule has 0 radical (unpaired) electrons. The molecule has 3 heterocycles. The van der Waals surface area contributed by atoms with E-state index in [0.717, 1.165) is 63.3 Å². The third kappa shape index (κ3) is 6.20. The molecule has 7 nitrogen and oxygen atoms in total. The second-order valence-corrected chi connectivity index (χ2v) is 9.90. The highest BCUT2D eigenvalue weighted by atomic mass is 35.5. The predicted molar refractivity (Wildman–Crippen MR) is 134 cm³/mol. The predicted octanol–water partition coefficient (Wildman–Crippen LogP) is 4.27. The topological polar surface area (TPSA) is 94.6 Å². The summed E-state index contributed by atoms with van der Waals surface area (Å²) in [5.41, 5.74) is 2.53. The Labute approximate surface area is 209 Å². The fraction of sp³-hybridized carbons (Fsp3) is 0.480. The van der Waals surface area contributed by atoms with E-state index in [0.29, 0.717) is 18.9 Å². The van der Waals surface area contributed by atoms with Gasteiger partial charge in [-0.3, -0.25) is 4.79 Å². The SMILES string of the molecule is O=C(N[C@H](CCN1CC[C@H](CCc2ccc3c(n2)NCCC3)C1)C(=O)O)c1c(Cl)cccc1Cl. The summed E-state index contributed by atoms with van der Waals surface area (Å²) >= 11 is 12.2. The third-order valence-electron chi connectivity index (χ3n) is 6.66. The van der Waals surface area contributed by atoms with Gasteiger partial charge in [0.2, 0.25) is 0 Å². The average Bonchev–Trinajstić information content (AvgIpc) is 3.28. The number of amides is 1. The summed E-state index contributed by atoms with van der Waals surface area (Å²) in [5, 5.41) is 16.0. The summed E-state index contributed by atoms with van der Waals surface area (Å²) in [6.45, 7) is 3.45. The van der Waals surface area contributed by atoms with Gasteiger partial charge in [-0.05, 0) is 74.8 Å². The molecule has 0 saturated carbocycles. The number of halogens is 2. The van der Waals surface area contributed by atoms with Gasteiger partial charge in [-0.2, -0.15) is 0 Å². The summed E-state index contributed by atoms with van der Waals surface area (Å²) < 4.78 is 0. The summed E-state index contributed by atoms with van der Waals surface area (Å²) in [5.74, 6) is -0.0454. The number of nitrogens with one attached hydrogen (secondary N) is 2. The standard InChI is InChI=1S/C25H30Cl2N4O3/c26-19-4-1-5-20(27)22(19)24(32)30-21(25(33)34)11-14-31-13-10-16(15-31)6-8-18-9-7-17-3-2-12-28-23(17)29-18/h1,4-5,7,9,16,21H,2-3,6,8,10-15H2,(H,28,29)(H,30,32)(H,33,34)/t16-,21+/m0/s1. The fourth-order valence-electron chi connectivity index (χ4n) is 4.73. The number of aryl methyl sites for hydroxylation is 2. The molecule has 4 rings (SSSR count). The summed E-state index contributed by atoms with van der Waals surface area (Å²) in [6, 6.07) is 8.08. The van der Waals surface area contributed by atoms with E-state index in [1.807, 2.05) is 0 Å². The van der Waals surface area contributed by atoms with E-state index in [2.05, 4.69) is 27.7 Å². The molecule has 182 valence electrons. The van der Waals surface area contributed by atoms with Gasteiger partial charge in [-0.15, -0.1) is 0 Å². The van der Waals surface area contributed by atoms with Gasteiger partial charge in [0, 0.05) is 25.3 Å². The van der Waals surface area contributed by atoms with Crippen molar-refractivity contribution in [3.8, 4) is 0 Å². The number of hydrogen-bond donors (Lipinski definition) is 3. The van der Waals surface area contributed by atoms with E-state index in [1.165, 1.54) is 5.56 Å². The molecule has 0 unspecified atom stereocenters. The smallest absolute Gasteiger partial charge is 0.326 e. The highest BCUT2D eigenvalue weighted by Crippen LogP contribution is 2.26. The molecule has 0 aliphatic carbocycles. The van der Waals surface area contributed by atoms with Crippen molar-refractivity contribution in [3.63, 3.8) is 0 Å². The van der Waals surface area contributed by atoms with E-state index in [1.54, 1.807) is 18.2 Å². The number of carboxylic acid groups (broad SMARTS) is 1. The van der Waals surface area contributed by atoms with Crippen LogP contribution in [0.3, 0.4) is 0 Å². The lowest BCUT2D eigenvalue weighted by Gasteiger charge is -2.20. The van der Waals surface area contributed by atoms with Crippen molar-refractivity contribution in [2.75, 3.05) is 31.5 Å². The van der Waals surface area contributed by atoms with Crippen LogP contribution in [0.5, 0.6) is 0 Å². The first-order valence-corrected chi connectivity index (χ1v) is 12.6. The Balaban J connectivity index is 1.24. The lowest BCUT2D eigenvalue weighted by molar-refractivity contribution is -0.139. The van der Waals surface area contributed by atoms with Crippen LogP contribution >= 0.6 is 23.2 Å². The highest BCUT2D eigenvalue weighted by Gasteiger charge is 2.27. The number of anilines is 1. The number of carbonyl (C=O) groups is 2. The first-order chi connectivity index (χ1) is 16.4. The second-order valence-electron chi connectivity index (χ2n) is 9.08. The lowest BCUT2D eigenvalue weighted by atomic mass is 10.00. The van der Waals surface area contributed by atoms with Crippen LogP contribution in [0.4, 0.5) is 5.82 Å². The normalized spacial score (nSPS) is 18.7. The van der Waals surface area contributed by atoms with Crippen LogP contribution in [0.25, 0.3) is 0 Å². The Hall–Kier alpha value is -2.35. The monoisotopic (exact) mass is 504 g/mol. The second kappa shape index (κ2) is 11.4. The molecule has 2 aliphatic rings. The molecule has 0 spiro atoms. The van der Waals surface area contributed by atoms with E-state index in [9.17, 15) is 14.7 Å². The maximum absolute atomic E-state index is 12.6. The number of carboxylic acids is 1.